The van der Waals surface area contributed by atoms with Gasteiger partial charge in [0.25, 0.3) is 0 Å². The lowest BCUT2D eigenvalue weighted by atomic mass is 10.1. The predicted octanol–water partition coefficient (Wildman–Crippen LogP) is 2.55. The van der Waals surface area contributed by atoms with Crippen molar-refractivity contribution in [2.75, 3.05) is 18.6 Å². The Kier molecular flexibility index (Phi) is 4.73. The summed E-state index contributed by atoms with van der Waals surface area (Å²) in [6, 6.07) is 8.05. The van der Waals surface area contributed by atoms with E-state index >= 15 is 0 Å². The molecule has 27 heavy (non-hydrogen) atoms. The van der Waals surface area contributed by atoms with E-state index in [0.29, 0.717) is 19.4 Å². The van der Waals surface area contributed by atoms with Crippen LogP contribution in [-0.4, -0.2) is 46.4 Å². The van der Waals surface area contributed by atoms with Crippen molar-refractivity contribution in [1.82, 2.24) is 19.3 Å². The predicted molar refractivity (Wildman–Crippen MR) is 102 cm³/mol. The van der Waals surface area contributed by atoms with Gasteiger partial charge in [-0.3, -0.25) is 4.68 Å². The smallest absolute Gasteiger partial charge is 0.150 e. The minimum atomic E-state index is -2.89. The maximum atomic E-state index is 11.7. The molecule has 0 bridgehead atoms. The molecule has 8 heteroatoms. The van der Waals surface area contributed by atoms with Crippen molar-refractivity contribution in [2.24, 2.45) is 0 Å². The molecule has 2 aromatic heterocycles. The third kappa shape index (κ3) is 3.75. The third-order valence-electron chi connectivity index (χ3n) is 5.02. The molecule has 0 N–H and O–H groups in total. The van der Waals surface area contributed by atoms with Gasteiger partial charge in [0, 0.05) is 42.0 Å². The van der Waals surface area contributed by atoms with E-state index in [4.69, 9.17) is 4.74 Å². The van der Waals surface area contributed by atoms with E-state index in [1.807, 2.05) is 35.3 Å². The van der Waals surface area contributed by atoms with E-state index < -0.39 is 9.84 Å². The van der Waals surface area contributed by atoms with Crippen molar-refractivity contribution in [2.45, 2.75) is 25.4 Å². The Morgan fingerprint density at radius 3 is 2.70 bits per heavy atom. The number of sulfone groups is 1. The van der Waals surface area contributed by atoms with Gasteiger partial charge in [-0.2, -0.15) is 5.10 Å². The van der Waals surface area contributed by atoms with Crippen LogP contribution in [0.15, 0.2) is 49.1 Å². The number of nitrogens with zero attached hydrogens (tertiary/aromatic N) is 4. The Morgan fingerprint density at radius 2 is 2.00 bits per heavy atom. The maximum Gasteiger partial charge on any atom is 0.150 e. The molecular weight excluding hydrogens is 364 g/mol. The monoisotopic (exact) mass is 386 g/mol. The Morgan fingerprint density at radius 1 is 1.19 bits per heavy atom. The first-order chi connectivity index (χ1) is 13.1. The van der Waals surface area contributed by atoms with Crippen LogP contribution in [0.2, 0.25) is 0 Å². The average molecular weight is 386 g/mol. The quantitative estimate of drug-likeness (QED) is 0.673. The van der Waals surface area contributed by atoms with E-state index in [1.54, 1.807) is 19.5 Å². The minimum absolute atomic E-state index is 0.155. The molecule has 1 saturated heterocycles. The van der Waals surface area contributed by atoms with Crippen LogP contribution in [0, 0.1) is 0 Å². The molecule has 1 aliphatic heterocycles. The van der Waals surface area contributed by atoms with Gasteiger partial charge in [0.1, 0.15) is 21.4 Å². The van der Waals surface area contributed by atoms with Crippen molar-refractivity contribution in [3.8, 4) is 17.1 Å². The van der Waals surface area contributed by atoms with Crippen LogP contribution >= 0.6 is 0 Å². The van der Waals surface area contributed by atoms with Gasteiger partial charge in [-0.05, 0) is 37.1 Å². The Bertz CT molecular complexity index is 1010. The summed E-state index contributed by atoms with van der Waals surface area (Å²) >= 11 is 0. The SMILES string of the molecule is COc1ccc(-c2nccn2C2CCS(=O)(=O)CC2)cc1Cn1cccn1. The molecule has 0 saturated carbocycles. The fourth-order valence-electron chi connectivity index (χ4n) is 3.60. The van der Waals surface area contributed by atoms with Gasteiger partial charge in [-0.1, -0.05) is 0 Å². The number of hydrogen-bond acceptors (Lipinski definition) is 5. The second kappa shape index (κ2) is 7.19. The highest BCUT2D eigenvalue weighted by Crippen LogP contribution is 2.31. The molecule has 3 aromatic rings. The molecule has 0 amide bonds. The van der Waals surface area contributed by atoms with Gasteiger partial charge in [0.05, 0.1) is 25.2 Å². The molecule has 3 heterocycles. The molecule has 0 spiro atoms. The summed E-state index contributed by atoms with van der Waals surface area (Å²) < 4.78 is 32.9. The van der Waals surface area contributed by atoms with Gasteiger partial charge >= 0.3 is 0 Å². The number of hydrogen-bond donors (Lipinski definition) is 0. The van der Waals surface area contributed by atoms with Crippen LogP contribution in [0.4, 0.5) is 0 Å². The molecule has 7 nitrogen and oxygen atoms in total. The topological polar surface area (TPSA) is 79.0 Å². The average Bonchev–Trinajstić information content (AvgIpc) is 3.33. The maximum absolute atomic E-state index is 11.7. The van der Waals surface area contributed by atoms with Gasteiger partial charge in [-0.15, -0.1) is 0 Å². The normalized spacial score (nSPS) is 17.1. The van der Waals surface area contributed by atoms with E-state index in [-0.39, 0.29) is 17.5 Å². The largest absolute Gasteiger partial charge is 0.496 e. The molecule has 0 atom stereocenters. The lowest BCUT2D eigenvalue weighted by molar-refractivity contribution is 0.407. The summed E-state index contributed by atoms with van der Waals surface area (Å²) in [5.41, 5.74) is 2.00. The first-order valence-electron chi connectivity index (χ1n) is 8.94. The lowest BCUT2D eigenvalue weighted by Crippen LogP contribution is -2.25. The van der Waals surface area contributed by atoms with Crippen LogP contribution < -0.4 is 4.74 Å². The Labute approximate surface area is 158 Å². The lowest BCUT2D eigenvalue weighted by Gasteiger charge is -2.25. The number of ether oxygens (including phenoxy) is 1. The van der Waals surface area contributed by atoms with Gasteiger partial charge in [-0.25, -0.2) is 13.4 Å². The summed E-state index contributed by atoms with van der Waals surface area (Å²) in [7, 11) is -1.23. The van der Waals surface area contributed by atoms with Crippen LogP contribution in [0.3, 0.4) is 0 Å². The minimum Gasteiger partial charge on any atom is -0.496 e. The van der Waals surface area contributed by atoms with Crippen LogP contribution in [0.1, 0.15) is 24.4 Å². The summed E-state index contributed by atoms with van der Waals surface area (Å²) in [6.07, 6.45) is 8.63. The third-order valence-corrected chi connectivity index (χ3v) is 6.73. The van der Waals surface area contributed by atoms with Crippen LogP contribution in [0.5, 0.6) is 5.75 Å². The standard InChI is InChI=1S/C19H22N4O3S/c1-26-18-4-3-15(13-16(18)14-22-9-2-7-21-22)19-20-8-10-23(19)17-5-11-27(24,25)12-6-17/h2-4,7-10,13,17H,5-6,11-12,14H2,1H3. The highest BCUT2D eigenvalue weighted by atomic mass is 32.2. The zero-order valence-electron chi connectivity index (χ0n) is 15.2. The van der Waals surface area contributed by atoms with Crippen molar-refractivity contribution in [3.63, 3.8) is 0 Å². The highest BCUT2D eigenvalue weighted by molar-refractivity contribution is 7.91. The zero-order chi connectivity index (χ0) is 18.9. The molecule has 1 aromatic carbocycles. The number of imidazole rings is 1. The molecule has 0 radical (unpaired) electrons. The number of aromatic nitrogens is 4. The summed E-state index contributed by atoms with van der Waals surface area (Å²) in [4.78, 5) is 4.54. The number of methoxy groups -OCH3 is 1. The van der Waals surface area contributed by atoms with E-state index in [1.165, 1.54) is 0 Å². The van der Waals surface area contributed by atoms with Gasteiger partial charge in [0.15, 0.2) is 0 Å². The number of benzene rings is 1. The van der Waals surface area contributed by atoms with Crippen molar-refractivity contribution < 1.29 is 13.2 Å². The fourth-order valence-corrected chi connectivity index (χ4v) is 5.06. The molecule has 4 rings (SSSR count). The molecule has 0 unspecified atom stereocenters. The van der Waals surface area contributed by atoms with E-state index in [2.05, 4.69) is 20.7 Å². The van der Waals surface area contributed by atoms with Gasteiger partial charge < -0.3 is 9.30 Å². The van der Waals surface area contributed by atoms with E-state index in [9.17, 15) is 8.42 Å². The first-order valence-corrected chi connectivity index (χ1v) is 10.8. The second-order valence-corrected chi connectivity index (χ2v) is 9.08. The van der Waals surface area contributed by atoms with E-state index in [0.717, 1.165) is 22.7 Å². The number of rotatable bonds is 5. The Balaban J connectivity index is 1.65. The highest BCUT2D eigenvalue weighted by Gasteiger charge is 2.26. The second-order valence-electron chi connectivity index (χ2n) is 6.77. The Hall–Kier alpha value is -2.61. The summed E-state index contributed by atoms with van der Waals surface area (Å²) in [6.45, 7) is 0.604. The van der Waals surface area contributed by atoms with Gasteiger partial charge in [0.2, 0.25) is 0 Å². The fraction of sp³-hybridized carbons (Fsp3) is 0.368. The van der Waals surface area contributed by atoms with Crippen LogP contribution in [-0.2, 0) is 16.4 Å². The molecule has 142 valence electrons. The molecule has 1 fully saturated rings. The van der Waals surface area contributed by atoms with Crippen LogP contribution in [0.25, 0.3) is 11.4 Å². The van der Waals surface area contributed by atoms with Crippen molar-refractivity contribution in [3.05, 3.63) is 54.6 Å². The summed E-state index contributed by atoms with van der Waals surface area (Å²) in [5, 5.41) is 4.27. The molecule has 0 aliphatic carbocycles. The first kappa shape index (κ1) is 17.8. The molecular formula is C19H22N4O3S. The zero-order valence-corrected chi connectivity index (χ0v) is 16.0. The van der Waals surface area contributed by atoms with Crippen molar-refractivity contribution >= 4 is 9.84 Å². The summed E-state index contributed by atoms with van der Waals surface area (Å²) in [5.74, 6) is 2.13. The van der Waals surface area contributed by atoms with Crippen molar-refractivity contribution in [1.29, 1.82) is 0 Å². The molecule has 1 aliphatic rings.